The van der Waals surface area contributed by atoms with Crippen molar-refractivity contribution >= 4 is 11.8 Å². The van der Waals surface area contributed by atoms with Gasteiger partial charge in [-0.2, -0.15) is 20.2 Å². The first-order valence-electron chi connectivity index (χ1n) is 17.8. The highest BCUT2D eigenvalue weighted by atomic mass is 16.5. The second kappa shape index (κ2) is 15.1. The van der Waals surface area contributed by atoms with E-state index in [0.29, 0.717) is 34.6 Å². The zero-order valence-corrected chi connectivity index (χ0v) is 29.8. The first kappa shape index (κ1) is 34.5. The molecule has 52 heavy (non-hydrogen) atoms. The zero-order valence-electron chi connectivity index (χ0n) is 29.8. The number of carbonyl (C=O) groups excluding carboxylic acids is 2. The van der Waals surface area contributed by atoms with Gasteiger partial charge < -0.3 is 19.7 Å². The summed E-state index contributed by atoms with van der Waals surface area (Å²) in [6.45, 7) is 3.97. The van der Waals surface area contributed by atoms with Gasteiger partial charge in [0, 0.05) is 50.5 Å². The molecule has 0 radical (unpaired) electrons. The smallest absolute Gasteiger partial charge is 0.254 e. The molecule has 4 heterocycles. The van der Waals surface area contributed by atoms with E-state index in [-0.39, 0.29) is 23.9 Å². The van der Waals surface area contributed by atoms with Crippen molar-refractivity contribution < 1.29 is 18.6 Å². The maximum Gasteiger partial charge on any atom is 0.254 e. The number of amides is 2. The van der Waals surface area contributed by atoms with Crippen LogP contribution < -0.4 is 10.6 Å². The van der Waals surface area contributed by atoms with Crippen LogP contribution in [0.1, 0.15) is 106 Å². The molecule has 0 saturated carbocycles. The molecule has 0 bridgehead atoms. The molecule has 14 heteroatoms. The van der Waals surface area contributed by atoms with Crippen molar-refractivity contribution in [3.63, 3.8) is 0 Å². The van der Waals surface area contributed by atoms with Gasteiger partial charge in [-0.05, 0) is 72.9 Å². The number of aryl methyl sites for hydroxylation is 6. The highest BCUT2D eigenvalue weighted by Gasteiger charge is 2.25. The molecule has 6 aromatic rings. The molecule has 8 rings (SSSR count). The third kappa shape index (κ3) is 7.55. The summed E-state index contributed by atoms with van der Waals surface area (Å²) in [6, 6.07) is 12.4. The van der Waals surface area contributed by atoms with Gasteiger partial charge in [0.05, 0.1) is 35.6 Å². The Balaban J connectivity index is 0.000000162. The van der Waals surface area contributed by atoms with Crippen molar-refractivity contribution in [1.29, 1.82) is 0 Å². The monoisotopic (exact) mass is 702 g/mol. The summed E-state index contributed by atoms with van der Waals surface area (Å²) >= 11 is 0. The predicted octanol–water partition coefficient (Wildman–Crippen LogP) is 5.68. The molecule has 2 aromatic carbocycles. The minimum atomic E-state index is -0.0919. The average molecular weight is 703 g/mol. The van der Waals surface area contributed by atoms with Crippen molar-refractivity contribution in [1.82, 2.24) is 50.5 Å². The number of nitrogens with zero attached hydrogens (tertiary/aromatic N) is 8. The van der Waals surface area contributed by atoms with Crippen LogP contribution in [0, 0.1) is 0 Å². The summed E-state index contributed by atoms with van der Waals surface area (Å²) in [5, 5.41) is 22.5. The molecule has 2 atom stereocenters. The van der Waals surface area contributed by atoms with Crippen molar-refractivity contribution in [2.75, 3.05) is 0 Å². The van der Waals surface area contributed by atoms with E-state index in [4.69, 9.17) is 9.05 Å². The standard InChI is InChI=1S/2C19H21N5O2/c2*1-3-17-22-18(23-26-17)13-7-8-15-12(9-13)5-4-6-16(15)21-19(25)14-10-20-24(2)11-14/h2*7-11,16H,3-6H2,1-2H3,(H,21,25)/t16-;/m1./s1. The maximum absolute atomic E-state index is 12.5. The van der Waals surface area contributed by atoms with Crippen LogP contribution in [-0.4, -0.2) is 51.7 Å². The van der Waals surface area contributed by atoms with E-state index in [2.05, 4.69) is 65.4 Å². The van der Waals surface area contributed by atoms with E-state index in [1.54, 1.807) is 48.2 Å². The number of benzene rings is 2. The predicted molar refractivity (Wildman–Crippen MR) is 191 cm³/mol. The minimum Gasteiger partial charge on any atom is -0.345 e. The topological polar surface area (TPSA) is 172 Å². The van der Waals surface area contributed by atoms with Gasteiger partial charge >= 0.3 is 0 Å². The Morgan fingerprint density at radius 2 is 1.15 bits per heavy atom. The van der Waals surface area contributed by atoms with Crippen LogP contribution in [0.5, 0.6) is 0 Å². The number of rotatable bonds is 8. The van der Waals surface area contributed by atoms with Crippen molar-refractivity contribution in [3.05, 3.63) is 106 Å². The van der Waals surface area contributed by atoms with Crippen LogP contribution >= 0.6 is 0 Å². The molecule has 268 valence electrons. The first-order valence-corrected chi connectivity index (χ1v) is 17.8. The third-order valence-corrected chi connectivity index (χ3v) is 9.52. The fourth-order valence-electron chi connectivity index (χ4n) is 6.80. The summed E-state index contributed by atoms with van der Waals surface area (Å²) in [5.74, 6) is 2.33. The van der Waals surface area contributed by atoms with E-state index < -0.39 is 0 Å². The fraction of sp³-hybridized carbons (Fsp3) is 0.368. The summed E-state index contributed by atoms with van der Waals surface area (Å²) in [7, 11) is 3.60. The molecule has 2 aliphatic carbocycles. The van der Waals surface area contributed by atoms with Crippen molar-refractivity contribution in [2.24, 2.45) is 14.1 Å². The molecule has 14 nitrogen and oxygen atoms in total. The average Bonchev–Trinajstić information content (AvgIpc) is 4.00. The fourth-order valence-corrected chi connectivity index (χ4v) is 6.80. The molecule has 0 saturated heterocycles. The Morgan fingerprint density at radius 1 is 0.712 bits per heavy atom. The molecule has 2 N–H and O–H groups in total. The van der Waals surface area contributed by atoms with Gasteiger partial charge in [-0.1, -0.05) is 48.4 Å². The highest BCUT2D eigenvalue weighted by molar-refractivity contribution is 5.94. The van der Waals surface area contributed by atoms with E-state index in [0.717, 1.165) is 73.6 Å². The second-order valence-corrected chi connectivity index (χ2v) is 13.2. The summed E-state index contributed by atoms with van der Waals surface area (Å²) in [6.07, 6.45) is 14.0. The summed E-state index contributed by atoms with van der Waals surface area (Å²) in [5.41, 5.74) is 7.84. The maximum atomic E-state index is 12.5. The van der Waals surface area contributed by atoms with Gasteiger partial charge in [-0.25, -0.2) is 0 Å². The Labute approximate surface area is 301 Å². The van der Waals surface area contributed by atoms with Crippen LogP contribution in [-0.2, 0) is 39.8 Å². The van der Waals surface area contributed by atoms with Gasteiger partial charge in [0.15, 0.2) is 0 Å². The lowest BCUT2D eigenvalue weighted by Gasteiger charge is -2.26. The SMILES string of the molecule is CCc1nc(-c2ccc3c(c2)CCCC3NC(=O)c2cnn(C)c2)no1.CCc1nc(-c2ccc3c(c2)CCC[C@H]3NC(=O)c2cnn(C)c2)no1. The zero-order chi connectivity index (χ0) is 36.2. The van der Waals surface area contributed by atoms with Crippen LogP contribution in [0.2, 0.25) is 0 Å². The van der Waals surface area contributed by atoms with Gasteiger partial charge in [0.25, 0.3) is 11.8 Å². The van der Waals surface area contributed by atoms with Gasteiger partial charge in [0.2, 0.25) is 23.4 Å². The van der Waals surface area contributed by atoms with Crippen LogP contribution in [0.15, 0.2) is 70.2 Å². The minimum absolute atomic E-state index is 0.0111. The number of hydrogen-bond acceptors (Lipinski definition) is 10. The molecule has 4 aromatic heterocycles. The lowest BCUT2D eigenvalue weighted by atomic mass is 9.86. The number of carbonyl (C=O) groups is 2. The van der Waals surface area contributed by atoms with Gasteiger partial charge in [-0.3, -0.25) is 19.0 Å². The molecule has 0 aliphatic heterocycles. The van der Waals surface area contributed by atoms with Crippen LogP contribution in [0.4, 0.5) is 0 Å². The van der Waals surface area contributed by atoms with Gasteiger partial charge in [-0.15, -0.1) is 0 Å². The molecule has 2 amide bonds. The van der Waals surface area contributed by atoms with E-state index in [1.165, 1.54) is 11.1 Å². The molecule has 0 fully saturated rings. The molecular formula is C38H42N10O4. The Hall–Kier alpha value is -5.92. The van der Waals surface area contributed by atoms with E-state index in [1.807, 2.05) is 26.0 Å². The van der Waals surface area contributed by atoms with Crippen LogP contribution in [0.25, 0.3) is 22.8 Å². The third-order valence-electron chi connectivity index (χ3n) is 9.52. The molecular weight excluding hydrogens is 660 g/mol. The molecule has 2 aliphatic rings. The Bertz CT molecular complexity index is 2040. The van der Waals surface area contributed by atoms with Gasteiger partial charge in [0.1, 0.15) is 0 Å². The lowest BCUT2D eigenvalue weighted by molar-refractivity contribution is 0.0924. The second-order valence-electron chi connectivity index (χ2n) is 13.2. The molecule has 0 spiro atoms. The lowest BCUT2D eigenvalue weighted by Crippen LogP contribution is -2.30. The van der Waals surface area contributed by atoms with Crippen molar-refractivity contribution in [2.45, 2.75) is 77.3 Å². The van der Waals surface area contributed by atoms with Crippen molar-refractivity contribution in [3.8, 4) is 22.8 Å². The quantitative estimate of drug-likeness (QED) is 0.201. The van der Waals surface area contributed by atoms with E-state index in [9.17, 15) is 9.59 Å². The number of aromatic nitrogens is 8. The summed E-state index contributed by atoms with van der Waals surface area (Å²) < 4.78 is 13.7. The number of fused-ring (bicyclic) bond motifs is 2. The number of hydrogen-bond donors (Lipinski definition) is 2. The summed E-state index contributed by atoms with van der Waals surface area (Å²) in [4.78, 5) is 33.7. The Morgan fingerprint density at radius 3 is 1.52 bits per heavy atom. The first-order chi connectivity index (χ1) is 25.3. The highest BCUT2D eigenvalue weighted by Crippen LogP contribution is 2.34. The normalized spacial score (nSPS) is 16.3. The number of nitrogens with one attached hydrogen (secondary N) is 2. The molecule has 1 unspecified atom stereocenters. The Kier molecular flexibility index (Phi) is 10.0. The largest absolute Gasteiger partial charge is 0.345 e. The van der Waals surface area contributed by atoms with Crippen LogP contribution in [0.3, 0.4) is 0 Å². The van der Waals surface area contributed by atoms with E-state index >= 15 is 0 Å².